The molecule has 2 atom stereocenters. The molecule has 0 N–H and O–H groups in total. The van der Waals surface area contributed by atoms with Crippen molar-refractivity contribution in [3.63, 3.8) is 0 Å². The molecule has 2 fully saturated rings. The van der Waals surface area contributed by atoms with Gasteiger partial charge in [0.05, 0.1) is 0 Å². The van der Waals surface area contributed by atoms with E-state index in [1.54, 1.807) is 0 Å². The minimum absolute atomic E-state index is 0.280. The average Bonchev–Trinajstić information content (AvgIpc) is 2.36. The second-order valence-electron chi connectivity index (χ2n) is 5.54. The Kier molecular flexibility index (Phi) is 1.47. The van der Waals surface area contributed by atoms with Gasteiger partial charge in [0.2, 0.25) is 0 Å². The Morgan fingerprint density at radius 1 is 1.17 bits per heavy atom. The summed E-state index contributed by atoms with van der Waals surface area (Å²) >= 11 is 0. The lowest BCUT2D eigenvalue weighted by Crippen LogP contribution is -2.29. The molecule has 68 valence electrons. The van der Waals surface area contributed by atoms with Gasteiger partial charge < -0.3 is 0 Å². The van der Waals surface area contributed by atoms with Crippen molar-refractivity contribution >= 4 is 5.78 Å². The molecular weight excluding hydrogens is 148 g/mol. The number of hydrogen-bond acceptors (Lipinski definition) is 1. The van der Waals surface area contributed by atoms with Gasteiger partial charge >= 0.3 is 0 Å². The van der Waals surface area contributed by atoms with Gasteiger partial charge in [-0.1, -0.05) is 20.8 Å². The normalized spacial score (nSPS) is 44.9. The quantitative estimate of drug-likeness (QED) is 0.541. The van der Waals surface area contributed by atoms with E-state index < -0.39 is 0 Å². The van der Waals surface area contributed by atoms with Crippen LogP contribution in [0.1, 0.15) is 46.5 Å². The van der Waals surface area contributed by atoms with Crippen LogP contribution < -0.4 is 0 Å². The van der Waals surface area contributed by atoms with Crippen molar-refractivity contribution in [1.29, 1.82) is 0 Å². The minimum Gasteiger partial charge on any atom is -0.299 e. The van der Waals surface area contributed by atoms with Gasteiger partial charge in [0.1, 0.15) is 5.78 Å². The summed E-state index contributed by atoms with van der Waals surface area (Å²) in [5, 5.41) is 0. The number of ketones is 1. The lowest BCUT2D eigenvalue weighted by Gasteiger charge is -2.29. The van der Waals surface area contributed by atoms with Gasteiger partial charge in [0.15, 0.2) is 0 Å². The highest BCUT2D eigenvalue weighted by Gasteiger charge is 2.56. The number of fused-ring (bicyclic) bond motifs is 1. The first-order valence-corrected chi connectivity index (χ1v) is 4.98. The van der Waals surface area contributed by atoms with Crippen LogP contribution in [0.5, 0.6) is 0 Å². The molecule has 1 unspecified atom stereocenters. The fourth-order valence-electron chi connectivity index (χ4n) is 3.49. The summed E-state index contributed by atoms with van der Waals surface area (Å²) < 4.78 is 0. The number of carbonyl (C=O) groups excluding carboxylic acids is 1. The average molecular weight is 166 g/mol. The van der Waals surface area contributed by atoms with Crippen molar-refractivity contribution in [3.8, 4) is 0 Å². The van der Waals surface area contributed by atoms with Crippen LogP contribution in [0, 0.1) is 16.7 Å². The van der Waals surface area contributed by atoms with Gasteiger partial charge in [0, 0.05) is 12.3 Å². The van der Waals surface area contributed by atoms with E-state index in [0.29, 0.717) is 17.1 Å². The largest absolute Gasteiger partial charge is 0.299 e. The Morgan fingerprint density at radius 2 is 1.83 bits per heavy atom. The molecule has 2 aliphatic rings. The molecular formula is C11H18O. The van der Waals surface area contributed by atoms with Gasteiger partial charge in [-0.15, -0.1) is 0 Å². The molecule has 1 nitrogen and oxygen atoms in total. The standard InChI is InChI=1S/C11H18O/c1-10(2)6-7-11(3)5-4-8(12)9(10)11/h9H,4-7H2,1-3H3/t9?,11-/m1/s1. The summed E-state index contributed by atoms with van der Waals surface area (Å²) in [6.45, 7) is 6.82. The molecule has 0 heterocycles. The summed E-state index contributed by atoms with van der Waals surface area (Å²) in [4.78, 5) is 11.7. The van der Waals surface area contributed by atoms with Crippen LogP contribution in [0.25, 0.3) is 0 Å². The summed E-state index contributed by atoms with van der Waals surface area (Å²) in [5.74, 6) is 0.894. The van der Waals surface area contributed by atoms with E-state index in [0.717, 1.165) is 12.8 Å². The summed E-state index contributed by atoms with van der Waals surface area (Å²) in [6.07, 6.45) is 4.47. The van der Waals surface area contributed by atoms with Crippen LogP contribution in [-0.2, 0) is 4.79 Å². The van der Waals surface area contributed by atoms with Gasteiger partial charge in [-0.05, 0) is 30.1 Å². The van der Waals surface area contributed by atoms with Crippen LogP contribution in [0.4, 0.5) is 0 Å². The first-order chi connectivity index (χ1) is 5.46. The zero-order valence-corrected chi connectivity index (χ0v) is 8.31. The lowest BCUT2D eigenvalue weighted by atomic mass is 9.73. The Morgan fingerprint density at radius 3 is 2.42 bits per heavy atom. The molecule has 0 spiro atoms. The van der Waals surface area contributed by atoms with E-state index in [1.807, 2.05) is 0 Å². The topological polar surface area (TPSA) is 17.1 Å². The number of rotatable bonds is 0. The highest BCUT2D eigenvalue weighted by Crippen LogP contribution is 2.60. The van der Waals surface area contributed by atoms with Crippen LogP contribution in [0.3, 0.4) is 0 Å². The monoisotopic (exact) mass is 166 g/mol. The molecule has 0 amide bonds. The van der Waals surface area contributed by atoms with E-state index in [2.05, 4.69) is 20.8 Å². The molecule has 0 bridgehead atoms. The van der Waals surface area contributed by atoms with Crippen molar-refractivity contribution in [1.82, 2.24) is 0 Å². The summed E-state index contributed by atoms with van der Waals surface area (Å²) in [5.41, 5.74) is 0.642. The van der Waals surface area contributed by atoms with Crippen molar-refractivity contribution in [2.75, 3.05) is 0 Å². The first-order valence-electron chi connectivity index (χ1n) is 4.98. The summed E-state index contributed by atoms with van der Waals surface area (Å²) in [7, 11) is 0. The predicted octanol–water partition coefficient (Wildman–Crippen LogP) is 2.79. The van der Waals surface area contributed by atoms with Gasteiger partial charge in [-0.25, -0.2) is 0 Å². The van der Waals surface area contributed by atoms with Crippen molar-refractivity contribution < 1.29 is 4.79 Å². The smallest absolute Gasteiger partial charge is 0.137 e. The molecule has 0 saturated heterocycles. The predicted molar refractivity (Wildman–Crippen MR) is 48.9 cm³/mol. The molecule has 0 aromatic carbocycles. The molecule has 2 aliphatic carbocycles. The van der Waals surface area contributed by atoms with Gasteiger partial charge in [0.25, 0.3) is 0 Å². The van der Waals surface area contributed by atoms with Gasteiger partial charge in [-0.2, -0.15) is 0 Å². The fraction of sp³-hybridized carbons (Fsp3) is 0.909. The third-order valence-corrected chi connectivity index (χ3v) is 4.08. The van der Waals surface area contributed by atoms with E-state index in [4.69, 9.17) is 0 Å². The van der Waals surface area contributed by atoms with Crippen molar-refractivity contribution in [2.24, 2.45) is 16.7 Å². The Balaban J connectivity index is 2.37. The maximum Gasteiger partial charge on any atom is 0.137 e. The second-order valence-corrected chi connectivity index (χ2v) is 5.54. The fourth-order valence-corrected chi connectivity index (χ4v) is 3.49. The SMILES string of the molecule is CC1(C)CC[C@@]2(C)CCC(=O)C12. The Labute approximate surface area is 74.5 Å². The maximum absolute atomic E-state index is 11.7. The van der Waals surface area contributed by atoms with Gasteiger partial charge in [-0.3, -0.25) is 4.79 Å². The van der Waals surface area contributed by atoms with Crippen molar-refractivity contribution in [3.05, 3.63) is 0 Å². The van der Waals surface area contributed by atoms with E-state index in [1.165, 1.54) is 12.8 Å². The second kappa shape index (κ2) is 2.12. The van der Waals surface area contributed by atoms with Crippen LogP contribution in [-0.4, -0.2) is 5.78 Å². The first kappa shape index (κ1) is 8.28. The maximum atomic E-state index is 11.7. The van der Waals surface area contributed by atoms with E-state index in [9.17, 15) is 4.79 Å². The number of Topliss-reactive ketones (excluding diaryl/α,β-unsaturated/α-hetero) is 1. The van der Waals surface area contributed by atoms with E-state index in [-0.39, 0.29) is 5.41 Å². The molecule has 0 radical (unpaired) electrons. The summed E-state index contributed by atoms with van der Waals surface area (Å²) in [6, 6.07) is 0. The highest BCUT2D eigenvalue weighted by atomic mass is 16.1. The highest BCUT2D eigenvalue weighted by molar-refractivity contribution is 5.85. The molecule has 2 saturated carbocycles. The van der Waals surface area contributed by atoms with Crippen LogP contribution in [0.2, 0.25) is 0 Å². The molecule has 12 heavy (non-hydrogen) atoms. The van der Waals surface area contributed by atoms with Crippen LogP contribution in [0.15, 0.2) is 0 Å². The van der Waals surface area contributed by atoms with E-state index >= 15 is 0 Å². The van der Waals surface area contributed by atoms with Crippen molar-refractivity contribution in [2.45, 2.75) is 46.5 Å². The minimum atomic E-state index is 0.280. The molecule has 0 aromatic heterocycles. The van der Waals surface area contributed by atoms with Crippen LogP contribution >= 0.6 is 0 Å². The lowest BCUT2D eigenvalue weighted by molar-refractivity contribution is -0.124. The zero-order chi connectivity index (χ0) is 8.98. The molecule has 0 aromatic rings. The number of hydrogen-bond donors (Lipinski definition) is 0. The molecule has 2 rings (SSSR count). The molecule has 0 aliphatic heterocycles. The Bertz CT molecular complexity index is 229. The zero-order valence-electron chi connectivity index (χ0n) is 8.31. The number of carbonyl (C=O) groups is 1. The third-order valence-electron chi connectivity index (χ3n) is 4.08. The Hall–Kier alpha value is -0.330. The molecule has 1 heteroatoms. The third kappa shape index (κ3) is 0.884.